The summed E-state index contributed by atoms with van der Waals surface area (Å²) in [6, 6.07) is 0.706. The number of hydrogen-bond donors (Lipinski definition) is 3. The highest BCUT2D eigenvalue weighted by atomic mass is 16.5. The lowest BCUT2D eigenvalue weighted by Crippen LogP contribution is -2.44. The smallest absolute Gasteiger partial charge is 0.239 e. The molecule has 0 bridgehead atoms. The molecule has 1 atom stereocenters. The molecule has 1 heterocycles. The molecule has 1 saturated heterocycles. The summed E-state index contributed by atoms with van der Waals surface area (Å²) in [6.07, 6.45) is 5.07. The SMILES string of the molecule is CN=C(NCCCN1CCCCC1C)NCC(=O)NCCOC. The van der Waals surface area contributed by atoms with Gasteiger partial charge in [-0.05, 0) is 32.7 Å². The average Bonchev–Trinajstić information content (AvgIpc) is 2.56. The number of amides is 1. The Morgan fingerprint density at radius 2 is 2.09 bits per heavy atom. The van der Waals surface area contributed by atoms with Crippen LogP contribution in [-0.2, 0) is 9.53 Å². The van der Waals surface area contributed by atoms with E-state index >= 15 is 0 Å². The van der Waals surface area contributed by atoms with Gasteiger partial charge in [0, 0.05) is 39.8 Å². The lowest BCUT2D eigenvalue weighted by Gasteiger charge is -2.33. The highest BCUT2D eigenvalue weighted by Gasteiger charge is 2.17. The molecule has 0 aliphatic carbocycles. The van der Waals surface area contributed by atoms with Crippen molar-refractivity contribution in [1.29, 1.82) is 0 Å². The number of guanidine groups is 1. The van der Waals surface area contributed by atoms with Crippen LogP contribution in [0.3, 0.4) is 0 Å². The van der Waals surface area contributed by atoms with Crippen molar-refractivity contribution in [3.05, 3.63) is 0 Å². The van der Waals surface area contributed by atoms with Crippen molar-refractivity contribution in [2.24, 2.45) is 4.99 Å². The third-order valence-corrected chi connectivity index (χ3v) is 4.12. The Morgan fingerprint density at radius 3 is 2.78 bits per heavy atom. The van der Waals surface area contributed by atoms with Crippen LogP contribution in [0.1, 0.15) is 32.6 Å². The van der Waals surface area contributed by atoms with Gasteiger partial charge in [0.15, 0.2) is 5.96 Å². The minimum Gasteiger partial charge on any atom is -0.383 e. The van der Waals surface area contributed by atoms with Gasteiger partial charge in [0.1, 0.15) is 0 Å². The molecule has 1 rings (SSSR count). The summed E-state index contributed by atoms with van der Waals surface area (Å²) < 4.78 is 4.89. The van der Waals surface area contributed by atoms with Crippen molar-refractivity contribution < 1.29 is 9.53 Å². The van der Waals surface area contributed by atoms with E-state index in [1.54, 1.807) is 14.2 Å². The molecule has 23 heavy (non-hydrogen) atoms. The highest BCUT2D eigenvalue weighted by molar-refractivity contribution is 5.86. The molecule has 0 aromatic heterocycles. The summed E-state index contributed by atoms with van der Waals surface area (Å²) in [5.41, 5.74) is 0. The number of nitrogens with one attached hydrogen (secondary N) is 3. The van der Waals surface area contributed by atoms with Crippen LogP contribution >= 0.6 is 0 Å². The summed E-state index contributed by atoms with van der Waals surface area (Å²) in [6.45, 7) is 6.76. The van der Waals surface area contributed by atoms with Crippen molar-refractivity contribution >= 4 is 11.9 Å². The van der Waals surface area contributed by atoms with Crippen molar-refractivity contribution in [2.75, 3.05) is 53.5 Å². The molecule has 134 valence electrons. The van der Waals surface area contributed by atoms with Gasteiger partial charge in [0.05, 0.1) is 13.2 Å². The Hall–Kier alpha value is -1.34. The van der Waals surface area contributed by atoms with Gasteiger partial charge >= 0.3 is 0 Å². The summed E-state index contributed by atoms with van der Waals surface area (Å²) in [5, 5.41) is 9.03. The lowest BCUT2D eigenvalue weighted by atomic mass is 10.0. The van der Waals surface area contributed by atoms with Crippen LogP contribution in [0.25, 0.3) is 0 Å². The zero-order valence-corrected chi connectivity index (χ0v) is 14.9. The first-order valence-electron chi connectivity index (χ1n) is 8.61. The second-order valence-corrected chi connectivity index (χ2v) is 5.93. The maximum absolute atomic E-state index is 11.6. The van der Waals surface area contributed by atoms with E-state index in [0.29, 0.717) is 25.2 Å². The van der Waals surface area contributed by atoms with E-state index < -0.39 is 0 Å². The molecule has 0 aromatic rings. The molecule has 0 radical (unpaired) electrons. The number of ether oxygens (including phenoxy) is 1. The number of likely N-dealkylation sites (tertiary alicyclic amines) is 1. The third-order valence-electron chi connectivity index (χ3n) is 4.12. The molecule has 0 aromatic carbocycles. The first kappa shape index (κ1) is 19.7. The maximum Gasteiger partial charge on any atom is 0.239 e. The molecule has 1 fully saturated rings. The van der Waals surface area contributed by atoms with Gasteiger partial charge in [0.2, 0.25) is 5.91 Å². The number of piperidine rings is 1. The Balaban J connectivity index is 2.10. The fourth-order valence-electron chi connectivity index (χ4n) is 2.72. The van der Waals surface area contributed by atoms with E-state index in [2.05, 4.69) is 32.8 Å². The molecule has 1 unspecified atom stereocenters. The molecule has 0 saturated carbocycles. The van der Waals surface area contributed by atoms with Gasteiger partial charge in [-0.3, -0.25) is 9.79 Å². The van der Waals surface area contributed by atoms with Crippen LogP contribution < -0.4 is 16.0 Å². The number of carbonyl (C=O) groups excluding carboxylic acids is 1. The predicted molar refractivity (Wildman–Crippen MR) is 93.8 cm³/mol. The van der Waals surface area contributed by atoms with Crippen molar-refractivity contribution in [3.8, 4) is 0 Å². The minimum absolute atomic E-state index is 0.0628. The fraction of sp³-hybridized carbons (Fsp3) is 0.875. The van der Waals surface area contributed by atoms with Crippen LogP contribution in [-0.4, -0.2) is 76.3 Å². The molecule has 3 N–H and O–H groups in total. The van der Waals surface area contributed by atoms with Crippen LogP contribution in [0.5, 0.6) is 0 Å². The molecule has 1 aliphatic rings. The van der Waals surface area contributed by atoms with E-state index in [-0.39, 0.29) is 12.5 Å². The Bertz CT molecular complexity index is 362. The van der Waals surface area contributed by atoms with Gasteiger partial charge in [-0.1, -0.05) is 6.42 Å². The molecule has 7 heteroatoms. The number of hydrogen-bond acceptors (Lipinski definition) is 4. The van der Waals surface area contributed by atoms with E-state index in [1.165, 1.54) is 25.8 Å². The monoisotopic (exact) mass is 327 g/mol. The quantitative estimate of drug-likeness (QED) is 0.320. The average molecular weight is 327 g/mol. The molecular formula is C16H33N5O2. The fourth-order valence-corrected chi connectivity index (χ4v) is 2.72. The van der Waals surface area contributed by atoms with Gasteiger partial charge in [0.25, 0.3) is 0 Å². The third kappa shape index (κ3) is 8.76. The standard InChI is InChI=1S/C16H33N5O2/c1-14-7-4-5-10-21(14)11-6-8-19-16(17-2)20-13-15(22)18-9-12-23-3/h14H,4-13H2,1-3H3,(H,18,22)(H2,17,19,20). The zero-order chi connectivity index (χ0) is 16.9. The van der Waals surface area contributed by atoms with Gasteiger partial charge in [-0.15, -0.1) is 0 Å². The van der Waals surface area contributed by atoms with E-state index in [4.69, 9.17) is 4.74 Å². The normalized spacial score (nSPS) is 19.4. The van der Waals surface area contributed by atoms with Crippen molar-refractivity contribution in [3.63, 3.8) is 0 Å². The summed E-state index contributed by atoms with van der Waals surface area (Å²) in [7, 11) is 3.33. The molecule has 7 nitrogen and oxygen atoms in total. The molecular weight excluding hydrogens is 294 g/mol. The van der Waals surface area contributed by atoms with Gasteiger partial charge in [-0.25, -0.2) is 0 Å². The molecule has 0 spiro atoms. The second kappa shape index (κ2) is 12.1. The number of nitrogens with zero attached hydrogens (tertiary/aromatic N) is 2. The maximum atomic E-state index is 11.6. The summed E-state index contributed by atoms with van der Waals surface area (Å²) in [5.74, 6) is 0.603. The topological polar surface area (TPSA) is 78.0 Å². The number of rotatable bonds is 9. The number of methoxy groups -OCH3 is 1. The van der Waals surface area contributed by atoms with E-state index in [1.807, 2.05) is 0 Å². The van der Waals surface area contributed by atoms with Gasteiger partial charge < -0.3 is 25.6 Å². The molecule has 1 aliphatic heterocycles. The van der Waals surface area contributed by atoms with E-state index in [0.717, 1.165) is 19.5 Å². The predicted octanol–water partition coefficient (Wildman–Crippen LogP) is 0.179. The van der Waals surface area contributed by atoms with Crippen molar-refractivity contribution in [2.45, 2.75) is 38.6 Å². The summed E-state index contributed by atoms with van der Waals surface area (Å²) >= 11 is 0. The number of aliphatic imine (C=N–C) groups is 1. The first-order chi connectivity index (χ1) is 11.2. The summed E-state index contributed by atoms with van der Waals surface area (Å²) in [4.78, 5) is 18.3. The van der Waals surface area contributed by atoms with Crippen LogP contribution in [0.15, 0.2) is 4.99 Å². The highest BCUT2D eigenvalue weighted by Crippen LogP contribution is 2.15. The second-order valence-electron chi connectivity index (χ2n) is 5.93. The van der Waals surface area contributed by atoms with E-state index in [9.17, 15) is 4.79 Å². The minimum atomic E-state index is -0.0628. The largest absolute Gasteiger partial charge is 0.383 e. The van der Waals surface area contributed by atoms with Crippen LogP contribution in [0.4, 0.5) is 0 Å². The zero-order valence-electron chi connectivity index (χ0n) is 14.9. The Kier molecular flexibility index (Phi) is 10.4. The van der Waals surface area contributed by atoms with Crippen LogP contribution in [0.2, 0.25) is 0 Å². The lowest BCUT2D eigenvalue weighted by molar-refractivity contribution is -0.120. The van der Waals surface area contributed by atoms with Crippen LogP contribution in [0, 0.1) is 0 Å². The van der Waals surface area contributed by atoms with Gasteiger partial charge in [-0.2, -0.15) is 0 Å². The Labute approximate surface area is 140 Å². The molecule has 1 amide bonds. The Morgan fingerprint density at radius 1 is 1.26 bits per heavy atom. The first-order valence-corrected chi connectivity index (χ1v) is 8.61. The van der Waals surface area contributed by atoms with Crippen molar-refractivity contribution in [1.82, 2.24) is 20.9 Å². The number of carbonyl (C=O) groups is 1.